The van der Waals surface area contributed by atoms with Gasteiger partial charge in [0.25, 0.3) is 5.91 Å². The number of pyridine rings is 1. The van der Waals surface area contributed by atoms with Crippen molar-refractivity contribution in [1.82, 2.24) is 9.88 Å². The molecule has 2 heterocycles. The summed E-state index contributed by atoms with van der Waals surface area (Å²) in [5, 5.41) is 0. The number of amides is 1. The third-order valence-electron chi connectivity index (χ3n) is 3.54. The van der Waals surface area contributed by atoms with E-state index in [-0.39, 0.29) is 5.91 Å². The Labute approximate surface area is 108 Å². The number of aromatic nitrogens is 1. The number of hydrogen-bond donors (Lipinski definition) is 1. The normalized spacial score (nSPS) is 19.8. The second kappa shape index (κ2) is 5.85. The minimum absolute atomic E-state index is 0.0993. The van der Waals surface area contributed by atoms with Crippen LogP contribution in [0.2, 0.25) is 0 Å². The van der Waals surface area contributed by atoms with Crippen molar-refractivity contribution in [2.75, 3.05) is 12.3 Å². The fraction of sp³-hybridized carbons (Fsp3) is 0.571. The molecule has 1 aromatic rings. The van der Waals surface area contributed by atoms with E-state index in [2.05, 4.69) is 11.9 Å². The molecular formula is C14H21N3O. The van der Waals surface area contributed by atoms with Gasteiger partial charge in [0.2, 0.25) is 0 Å². The van der Waals surface area contributed by atoms with Crippen molar-refractivity contribution in [1.29, 1.82) is 0 Å². The molecule has 0 aromatic carbocycles. The number of nitrogens with two attached hydrogens (primary N) is 1. The highest BCUT2D eigenvalue weighted by molar-refractivity contribution is 5.95. The molecule has 4 heteroatoms. The zero-order valence-electron chi connectivity index (χ0n) is 10.9. The highest BCUT2D eigenvalue weighted by atomic mass is 16.2. The molecule has 1 atom stereocenters. The van der Waals surface area contributed by atoms with Gasteiger partial charge in [-0.15, -0.1) is 0 Å². The average Bonchev–Trinajstić information content (AvgIpc) is 2.39. The van der Waals surface area contributed by atoms with E-state index in [1.54, 1.807) is 18.3 Å². The van der Waals surface area contributed by atoms with E-state index in [0.717, 1.165) is 32.2 Å². The summed E-state index contributed by atoms with van der Waals surface area (Å²) in [6.45, 7) is 3.04. The molecule has 4 nitrogen and oxygen atoms in total. The molecule has 1 saturated heterocycles. The largest absolute Gasteiger partial charge is 0.384 e. The smallest absolute Gasteiger partial charge is 0.254 e. The van der Waals surface area contributed by atoms with Crippen LogP contribution in [0.5, 0.6) is 0 Å². The van der Waals surface area contributed by atoms with E-state index in [9.17, 15) is 4.79 Å². The van der Waals surface area contributed by atoms with Crippen molar-refractivity contribution in [3.05, 3.63) is 23.9 Å². The lowest BCUT2D eigenvalue weighted by atomic mass is 9.97. The van der Waals surface area contributed by atoms with Crippen LogP contribution in [0.4, 0.5) is 5.82 Å². The molecule has 0 aliphatic carbocycles. The van der Waals surface area contributed by atoms with E-state index < -0.39 is 0 Å². The quantitative estimate of drug-likeness (QED) is 0.892. The van der Waals surface area contributed by atoms with Crippen LogP contribution < -0.4 is 5.73 Å². The molecule has 2 N–H and O–H groups in total. The van der Waals surface area contributed by atoms with Crippen LogP contribution in [0, 0.1) is 0 Å². The lowest BCUT2D eigenvalue weighted by molar-refractivity contribution is 0.0600. The lowest BCUT2D eigenvalue weighted by Crippen LogP contribution is -2.43. The molecule has 1 unspecified atom stereocenters. The highest BCUT2D eigenvalue weighted by Crippen LogP contribution is 2.23. The molecule has 0 spiro atoms. The number of nitrogen functional groups attached to an aromatic ring is 1. The van der Waals surface area contributed by atoms with Gasteiger partial charge in [-0.1, -0.05) is 13.3 Å². The number of rotatable bonds is 3. The van der Waals surface area contributed by atoms with Gasteiger partial charge in [0.15, 0.2) is 0 Å². The van der Waals surface area contributed by atoms with Gasteiger partial charge in [0.1, 0.15) is 5.82 Å². The van der Waals surface area contributed by atoms with Crippen molar-refractivity contribution in [2.24, 2.45) is 0 Å². The summed E-state index contributed by atoms with van der Waals surface area (Å²) in [5.41, 5.74) is 6.30. The number of piperidine rings is 1. The predicted octanol–water partition coefficient (Wildman–Crippen LogP) is 2.46. The molecule has 0 bridgehead atoms. The van der Waals surface area contributed by atoms with E-state index in [4.69, 9.17) is 5.73 Å². The third-order valence-corrected chi connectivity index (χ3v) is 3.54. The van der Waals surface area contributed by atoms with Gasteiger partial charge in [-0.05, 0) is 37.8 Å². The van der Waals surface area contributed by atoms with Gasteiger partial charge in [0.05, 0.1) is 0 Å². The second-order valence-corrected chi connectivity index (χ2v) is 4.91. The minimum Gasteiger partial charge on any atom is -0.384 e. The van der Waals surface area contributed by atoms with Gasteiger partial charge in [-0.2, -0.15) is 0 Å². The van der Waals surface area contributed by atoms with Crippen LogP contribution in [0.3, 0.4) is 0 Å². The first-order valence-electron chi connectivity index (χ1n) is 6.75. The molecular weight excluding hydrogens is 226 g/mol. The molecule has 1 fully saturated rings. The van der Waals surface area contributed by atoms with Crippen LogP contribution in [0.15, 0.2) is 18.3 Å². The number of carbonyl (C=O) groups excluding carboxylic acids is 1. The van der Waals surface area contributed by atoms with E-state index >= 15 is 0 Å². The predicted molar refractivity (Wildman–Crippen MR) is 72.2 cm³/mol. The first-order chi connectivity index (χ1) is 8.72. The van der Waals surface area contributed by atoms with Crippen LogP contribution >= 0.6 is 0 Å². The van der Waals surface area contributed by atoms with Crippen molar-refractivity contribution in [2.45, 2.75) is 45.1 Å². The van der Waals surface area contributed by atoms with Crippen LogP contribution in [-0.2, 0) is 0 Å². The number of nitrogens with zero attached hydrogens (tertiary/aromatic N) is 2. The van der Waals surface area contributed by atoms with Gasteiger partial charge in [0, 0.05) is 24.3 Å². The van der Waals surface area contributed by atoms with Crippen molar-refractivity contribution < 1.29 is 4.79 Å². The summed E-state index contributed by atoms with van der Waals surface area (Å²) in [4.78, 5) is 18.4. The number of likely N-dealkylation sites (tertiary alicyclic amines) is 1. The standard InChI is InChI=1S/C14H21N3O/c1-2-5-12-6-3-4-9-17(12)14(18)11-7-8-16-13(15)10-11/h7-8,10,12H,2-6,9H2,1H3,(H2,15,16). The highest BCUT2D eigenvalue weighted by Gasteiger charge is 2.26. The molecule has 0 saturated carbocycles. The van der Waals surface area contributed by atoms with Crippen LogP contribution in [0.1, 0.15) is 49.4 Å². The summed E-state index contributed by atoms with van der Waals surface area (Å²) in [6.07, 6.45) is 7.26. The van der Waals surface area contributed by atoms with Gasteiger partial charge in [-0.3, -0.25) is 4.79 Å². The fourth-order valence-electron chi connectivity index (χ4n) is 2.65. The Hall–Kier alpha value is -1.58. The zero-order valence-corrected chi connectivity index (χ0v) is 10.9. The van der Waals surface area contributed by atoms with Gasteiger partial charge >= 0.3 is 0 Å². The Bertz CT molecular complexity index is 417. The van der Waals surface area contributed by atoms with Gasteiger partial charge in [-0.25, -0.2) is 4.98 Å². The zero-order chi connectivity index (χ0) is 13.0. The first kappa shape index (κ1) is 12.9. The summed E-state index contributed by atoms with van der Waals surface area (Å²) in [7, 11) is 0. The molecule has 0 radical (unpaired) electrons. The summed E-state index contributed by atoms with van der Waals surface area (Å²) in [5.74, 6) is 0.507. The Morgan fingerprint density at radius 3 is 3.11 bits per heavy atom. The summed E-state index contributed by atoms with van der Waals surface area (Å²) < 4.78 is 0. The number of carbonyl (C=O) groups is 1. The van der Waals surface area contributed by atoms with Crippen LogP contribution in [-0.4, -0.2) is 28.4 Å². The first-order valence-corrected chi connectivity index (χ1v) is 6.75. The molecule has 1 aliphatic heterocycles. The summed E-state index contributed by atoms with van der Waals surface area (Å²) >= 11 is 0. The van der Waals surface area contributed by atoms with Crippen LogP contribution in [0.25, 0.3) is 0 Å². The van der Waals surface area contributed by atoms with Crippen molar-refractivity contribution >= 4 is 11.7 Å². The SMILES string of the molecule is CCCC1CCCCN1C(=O)c1ccnc(N)c1. The van der Waals surface area contributed by atoms with E-state index in [1.165, 1.54) is 6.42 Å². The fourth-order valence-corrected chi connectivity index (χ4v) is 2.65. The average molecular weight is 247 g/mol. The third kappa shape index (κ3) is 2.81. The Morgan fingerprint density at radius 2 is 2.39 bits per heavy atom. The Balaban J connectivity index is 2.15. The maximum absolute atomic E-state index is 12.5. The van der Waals surface area contributed by atoms with Crippen molar-refractivity contribution in [3.8, 4) is 0 Å². The summed E-state index contributed by atoms with van der Waals surface area (Å²) in [6, 6.07) is 3.81. The van der Waals surface area contributed by atoms with Crippen molar-refractivity contribution in [3.63, 3.8) is 0 Å². The molecule has 2 rings (SSSR count). The Morgan fingerprint density at radius 1 is 1.56 bits per heavy atom. The minimum atomic E-state index is 0.0993. The Kier molecular flexibility index (Phi) is 4.18. The maximum atomic E-state index is 12.5. The molecule has 18 heavy (non-hydrogen) atoms. The molecule has 1 aromatic heterocycles. The monoisotopic (exact) mass is 247 g/mol. The number of anilines is 1. The molecule has 1 aliphatic rings. The van der Waals surface area contributed by atoms with Gasteiger partial charge < -0.3 is 10.6 Å². The number of hydrogen-bond acceptors (Lipinski definition) is 3. The lowest BCUT2D eigenvalue weighted by Gasteiger charge is -2.35. The maximum Gasteiger partial charge on any atom is 0.254 e. The second-order valence-electron chi connectivity index (χ2n) is 4.91. The topological polar surface area (TPSA) is 59.2 Å². The molecule has 1 amide bonds. The van der Waals surface area contributed by atoms with E-state index in [1.807, 2.05) is 4.90 Å². The van der Waals surface area contributed by atoms with E-state index in [0.29, 0.717) is 17.4 Å². The molecule has 98 valence electrons.